The lowest BCUT2D eigenvalue weighted by Gasteiger charge is -2.21. The molecule has 60 heavy (non-hydrogen) atoms. The summed E-state index contributed by atoms with van der Waals surface area (Å²) in [5.74, 6) is -1.31. The van der Waals surface area contributed by atoms with Crippen molar-refractivity contribution in [2.45, 2.75) is 58.7 Å². The molecule has 3 N–H and O–H groups in total. The first-order chi connectivity index (χ1) is 28.6. The normalized spacial score (nSPS) is 12.3. The third-order valence-corrected chi connectivity index (χ3v) is 10.3. The SMILES string of the molecule is CP=S.[C-]#[N+]c1ccc(C[C@@H](C(=O)NCC(=O)c2ccc(C#N)cc2)[C@@H](C)O)c(C)c1Cl.[C-]#[N+]c1ccc(C[C@@H](c2nnc(-c3ccc(C#N)cc3)o2)[C@@H](C)O)c(C)c1Cl. The van der Waals surface area contributed by atoms with Crippen molar-refractivity contribution in [3.63, 3.8) is 0 Å². The van der Waals surface area contributed by atoms with Crippen molar-refractivity contribution < 1.29 is 24.2 Å². The van der Waals surface area contributed by atoms with E-state index < -0.39 is 30.0 Å². The lowest BCUT2D eigenvalue weighted by atomic mass is 9.91. The zero-order valence-electron chi connectivity index (χ0n) is 33.3. The van der Waals surface area contributed by atoms with Crippen LogP contribution in [0.1, 0.15) is 69.4 Å². The van der Waals surface area contributed by atoms with Crippen LogP contribution in [0.25, 0.3) is 21.1 Å². The number of nitriles is 2. The smallest absolute Gasteiger partial charge is 0.247 e. The molecule has 0 unspecified atom stereocenters. The second kappa shape index (κ2) is 23.7. The van der Waals surface area contributed by atoms with Crippen LogP contribution in [0.4, 0.5) is 11.4 Å². The molecular weight excluding hydrogens is 840 g/mol. The van der Waals surface area contributed by atoms with Crippen molar-refractivity contribution in [1.82, 2.24) is 15.5 Å². The molecule has 0 fully saturated rings. The van der Waals surface area contributed by atoms with Crippen LogP contribution in [0.3, 0.4) is 0 Å². The highest BCUT2D eigenvalue weighted by molar-refractivity contribution is 7.96. The van der Waals surface area contributed by atoms with Gasteiger partial charge in [0.2, 0.25) is 29.1 Å². The number of hydrogen-bond acceptors (Lipinski definition) is 10. The molecule has 0 saturated carbocycles. The molecule has 0 spiro atoms. The van der Waals surface area contributed by atoms with Crippen molar-refractivity contribution in [2.75, 3.05) is 13.2 Å². The summed E-state index contributed by atoms with van der Waals surface area (Å²) >= 11 is 16.8. The summed E-state index contributed by atoms with van der Waals surface area (Å²) in [4.78, 5) is 31.6. The first kappa shape index (κ1) is 48.5. The monoisotopic (exact) mass is 879 g/mol. The lowest BCUT2D eigenvalue weighted by Crippen LogP contribution is -2.40. The number of rotatable bonds is 12. The number of carbonyl (C=O) groups excluding carboxylic acids is 2. The molecule has 16 heteroatoms. The maximum atomic E-state index is 12.6. The van der Waals surface area contributed by atoms with E-state index in [0.717, 1.165) is 24.0 Å². The van der Waals surface area contributed by atoms with E-state index in [2.05, 4.69) is 43.1 Å². The first-order valence-electron chi connectivity index (χ1n) is 18.2. The number of ketones is 1. The summed E-state index contributed by atoms with van der Waals surface area (Å²) < 4.78 is 5.81. The average Bonchev–Trinajstić information content (AvgIpc) is 3.74. The van der Waals surface area contributed by atoms with Crippen LogP contribution in [0.15, 0.2) is 77.2 Å². The van der Waals surface area contributed by atoms with Crippen molar-refractivity contribution in [2.24, 2.45) is 5.92 Å². The molecule has 0 saturated heterocycles. The summed E-state index contributed by atoms with van der Waals surface area (Å²) in [7, 11) is 1.00. The van der Waals surface area contributed by atoms with Gasteiger partial charge in [-0.15, -0.1) is 10.2 Å². The van der Waals surface area contributed by atoms with Crippen molar-refractivity contribution >= 4 is 65.4 Å². The van der Waals surface area contributed by atoms with E-state index in [1.54, 1.807) is 56.3 Å². The molecular formula is C44H40Cl2N7O5PS. The molecule has 4 atom stereocenters. The fourth-order valence-corrected chi connectivity index (χ4v) is 6.23. The Morgan fingerprint density at radius 2 is 1.32 bits per heavy atom. The molecule has 1 amide bonds. The van der Waals surface area contributed by atoms with E-state index in [9.17, 15) is 19.8 Å². The van der Waals surface area contributed by atoms with Crippen LogP contribution < -0.4 is 5.32 Å². The summed E-state index contributed by atoms with van der Waals surface area (Å²) in [6.07, 6.45) is -1.01. The van der Waals surface area contributed by atoms with Gasteiger partial charge in [-0.25, -0.2) is 9.69 Å². The van der Waals surface area contributed by atoms with Gasteiger partial charge in [0.1, 0.15) is 0 Å². The van der Waals surface area contributed by atoms with Crippen LogP contribution in [0.5, 0.6) is 0 Å². The number of benzene rings is 4. The summed E-state index contributed by atoms with van der Waals surface area (Å²) in [5.41, 5.74) is 5.94. The minimum absolute atomic E-state index is 0.218. The number of nitrogens with zero attached hydrogens (tertiary/aromatic N) is 6. The van der Waals surface area contributed by atoms with Crippen LogP contribution in [0.2, 0.25) is 10.0 Å². The number of hydrogen-bond donors (Lipinski definition) is 3. The fraction of sp³-hybridized carbons (Fsp3) is 0.273. The number of halogens is 2. The molecule has 1 heterocycles. The van der Waals surface area contributed by atoms with Gasteiger partial charge in [-0.3, -0.25) is 9.59 Å². The number of carbonyl (C=O) groups is 2. The van der Waals surface area contributed by atoms with Gasteiger partial charge in [0, 0.05) is 11.1 Å². The van der Waals surface area contributed by atoms with Gasteiger partial charge < -0.3 is 19.9 Å². The van der Waals surface area contributed by atoms with Gasteiger partial charge in [0.25, 0.3) is 0 Å². The Hall–Kier alpha value is -5.86. The Balaban J connectivity index is 0.000000301. The Labute approximate surface area is 365 Å². The molecule has 4 aromatic carbocycles. The maximum Gasteiger partial charge on any atom is 0.247 e. The quantitative estimate of drug-likeness (QED) is 0.0620. The minimum Gasteiger partial charge on any atom is -0.420 e. The van der Waals surface area contributed by atoms with E-state index in [-0.39, 0.29) is 18.7 Å². The molecule has 0 radical (unpaired) electrons. The van der Waals surface area contributed by atoms with Gasteiger partial charge in [0.05, 0.1) is 77.0 Å². The minimum atomic E-state index is -0.946. The molecule has 0 aliphatic rings. The second-order valence-electron chi connectivity index (χ2n) is 13.3. The molecule has 5 aromatic rings. The Bertz CT molecular complexity index is 2480. The van der Waals surface area contributed by atoms with E-state index in [1.165, 1.54) is 31.2 Å². The number of amides is 1. The number of aliphatic hydroxyl groups is 2. The van der Waals surface area contributed by atoms with Crippen LogP contribution in [-0.2, 0) is 29.4 Å². The van der Waals surface area contributed by atoms with Crippen molar-refractivity contribution in [1.29, 1.82) is 10.5 Å². The topological polar surface area (TPSA) is 182 Å². The van der Waals surface area contributed by atoms with Crippen LogP contribution in [-0.4, -0.2) is 57.5 Å². The van der Waals surface area contributed by atoms with Crippen molar-refractivity contribution in [3.8, 4) is 23.6 Å². The fourth-order valence-electron chi connectivity index (χ4n) is 5.78. The molecule has 1 aromatic heterocycles. The average molecular weight is 881 g/mol. The summed E-state index contributed by atoms with van der Waals surface area (Å²) in [6, 6.07) is 23.8. The first-order valence-corrected chi connectivity index (χ1v) is 21.3. The lowest BCUT2D eigenvalue weighted by molar-refractivity contribution is -0.127. The third kappa shape index (κ3) is 13.1. The number of Topliss-reactive ketones (excluding diaryl/α,β-unsaturated/α-hetero) is 1. The second-order valence-corrected chi connectivity index (χ2v) is 15.6. The van der Waals surface area contributed by atoms with Gasteiger partial charge in [0.15, 0.2) is 5.78 Å². The van der Waals surface area contributed by atoms with Gasteiger partial charge in [-0.1, -0.05) is 71.4 Å². The van der Waals surface area contributed by atoms with E-state index in [1.807, 2.05) is 25.7 Å². The zero-order chi connectivity index (χ0) is 44.5. The highest BCUT2D eigenvalue weighted by Gasteiger charge is 2.27. The number of nitrogens with one attached hydrogen (secondary N) is 1. The van der Waals surface area contributed by atoms with E-state index >= 15 is 0 Å². The highest BCUT2D eigenvalue weighted by Crippen LogP contribution is 2.35. The molecule has 5 rings (SSSR count). The number of aliphatic hydroxyl groups excluding tert-OH is 2. The molecule has 0 aliphatic heterocycles. The van der Waals surface area contributed by atoms with Gasteiger partial charge in [-0.05, 0) is 113 Å². The predicted octanol–water partition coefficient (Wildman–Crippen LogP) is 9.46. The highest BCUT2D eigenvalue weighted by atomic mass is 35.5. The van der Waals surface area contributed by atoms with E-state index in [4.69, 9.17) is 51.3 Å². The van der Waals surface area contributed by atoms with Gasteiger partial charge >= 0.3 is 0 Å². The Kier molecular flexibility index (Phi) is 19.1. The molecule has 0 aliphatic carbocycles. The molecule has 12 nitrogen and oxygen atoms in total. The zero-order valence-corrected chi connectivity index (χ0v) is 36.5. The van der Waals surface area contributed by atoms with Crippen LogP contribution in [0, 0.1) is 55.6 Å². The van der Waals surface area contributed by atoms with Crippen molar-refractivity contribution in [3.05, 3.63) is 151 Å². The Morgan fingerprint density at radius 3 is 1.77 bits per heavy atom. The largest absolute Gasteiger partial charge is 0.420 e. The van der Waals surface area contributed by atoms with Crippen LogP contribution >= 0.6 is 30.6 Å². The Morgan fingerprint density at radius 1 is 0.833 bits per heavy atom. The number of aromatic nitrogens is 2. The van der Waals surface area contributed by atoms with E-state index in [0.29, 0.717) is 67.4 Å². The maximum absolute atomic E-state index is 12.6. The van der Waals surface area contributed by atoms with Gasteiger partial charge in [-0.2, -0.15) is 10.5 Å². The standard InChI is InChI=1S/C22H20ClN3O3.C21H17ClN4O2.CH3PS/c1-13-17(8-9-19(25-3)21(13)23)10-18(14(2)27)22(29)26-12-20(28)16-6-4-15(11-24)5-7-16;1-12-16(8-9-18(24-3)19(12)22)10-17(13(2)27)21-26-25-20(28-21)15-6-4-14(11-23)5-7-15;1-2-3/h4-9,14,18,27H,10,12H2,1-2H3,(H,26,29);4-9,13,17,27H,10H2,1-2H3;1H3/t14-,18-;13-,17-;/m11./s1. The molecule has 306 valence electrons. The summed E-state index contributed by atoms with van der Waals surface area (Å²) in [5, 5.41) is 49.6. The predicted molar refractivity (Wildman–Crippen MR) is 235 cm³/mol. The summed E-state index contributed by atoms with van der Waals surface area (Å²) in [6.45, 7) is 22.7. The third-order valence-electron chi connectivity index (χ3n) is 9.36. The molecule has 0 bridgehead atoms.